The summed E-state index contributed by atoms with van der Waals surface area (Å²) in [6.45, 7) is 8.56. The van der Waals surface area contributed by atoms with Crippen LogP contribution in [0.2, 0.25) is 0 Å². The molecule has 21 heavy (non-hydrogen) atoms. The summed E-state index contributed by atoms with van der Waals surface area (Å²) in [4.78, 5) is 12.2. The molecular weight excluding hydrogens is 266 g/mol. The number of aryl methyl sites for hydroxylation is 1. The van der Waals surface area contributed by atoms with Gasteiger partial charge in [0.15, 0.2) is 0 Å². The number of carbonyl (C=O) groups is 1. The van der Waals surface area contributed by atoms with E-state index < -0.39 is 5.60 Å². The average molecular weight is 289 g/mol. The highest BCUT2D eigenvalue weighted by atomic mass is 16.5. The van der Waals surface area contributed by atoms with Gasteiger partial charge in [0.25, 0.3) is 5.91 Å². The maximum Gasteiger partial charge on any atom is 0.251 e. The van der Waals surface area contributed by atoms with Crippen LogP contribution in [0.15, 0.2) is 18.2 Å². The van der Waals surface area contributed by atoms with Crippen molar-refractivity contribution in [2.75, 3.05) is 19.8 Å². The number of nitrogens with one attached hydrogen (secondary N) is 1. The number of hydrogen-bond acceptors (Lipinski definition) is 3. The Bertz CT molecular complexity index is 553. The molecule has 0 unspecified atom stereocenters. The third-order valence-electron chi connectivity index (χ3n) is 3.01. The summed E-state index contributed by atoms with van der Waals surface area (Å²) >= 11 is 0. The van der Waals surface area contributed by atoms with E-state index in [9.17, 15) is 4.79 Å². The standard InChI is InChI=1S/C17H23NO3/c1-5-21-17(3,4)12-18-16(20)15-9-8-13(2)14(11-15)7-6-10-19/h8-9,11,19H,5,10,12H2,1-4H3,(H,18,20). The normalized spacial score (nSPS) is 10.7. The lowest BCUT2D eigenvalue weighted by Gasteiger charge is -2.24. The lowest BCUT2D eigenvalue weighted by Crippen LogP contribution is -2.40. The molecule has 0 saturated carbocycles. The smallest absolute Gasteiger partial charge is 0.251 e. The van der Waals surface area contributed by atoms with Gasteiger partial charge in [0.2, 0.25) is 0 Å². The van der Waals surface area contributed by atoms with Gasteiger partial charge in [-0.25, -0.2) is 0 Å². The zero-order chi connectivity index (χ0) is 15.9. The largest absolute Gasteiger partial charge is 0.384 e. The van der Waals surface area contributed by atoms with Gasteiger partial charge in [0.1, 0.15) is 6.61 Å². The number of benzene rings is 1. The molecule has 0 aliphatic heterocycles. The van der Waals surface area contributed by atoms with Gasteiger partial charge in [-0.3, -0.25) is 4.79 Å². The van der Waals surface area contributed by atoms with Crippen molar-refractivity contribution >= 4 is 5.91 Å². The van der Waals surface area contributed by atoms with Crippen molar-refractivity contribution in [3.63, 3.8) is 0 Å². The number of aliphatic hydroxyl groups excluding tert-OH is 1. The summed E-state index contributed by atoms with van der Waals surface area (Å²) in [7, 11) is 0. The Hall–Kier alpha value is -1.83. The summed E-state index contributed by atoms with van der Waals surface area (Å²) in [5.41, 5.74) is 1.88. The molecule has 0 aliphatic rings. The molecule has 0 radical (unpaired) electrons. The molecule has 0 aliphatic carbocycles. The highest BCUT2D eigenvalue weighted by molar-refractivity contribution is 5.94. The van der Waals surface area contributed by atoms with E-state index >= 15 is 0 Å². The van der Waals surface area contributed by atoms with Gasteiger partial charge in [0, 0.05) is 24.3 Å². The van der Waals surface area contributed by atoms with Crippen molar-refractivity contribution < 1.29 is 14.6 Å². The number of amides is 1. The van der Waals surface area contributed by atoms with E-state index in [1.807, 2.05) is 33.8 Å². The first kappa shape index (κ1) is 17.2. The van der Waals surface area contributed by atoms with E-state index in [1.54, 1.807) is 12.1 Å². The fourth-order valence-corrected chi connectivity index (χ4v) is 1.87. The number of rotatable bonds is 5. The van der Waals surface area contributed by atoms with Crippen LogP contribution in [0.1, 0.15) is 42.3 Å². The molecule has 4 heteroatoms. The Balaban J connectivity index is 2.79. The first-order valence-corrected chi connectivity index (χ1v) is 7.02. The molecule has 2 N–H and O–H groups in total. The Labute approximate surface area is 126 Å². The second-order valence-corrected chi connectivity index (χ2v) is 5.36. The minimum absolute atomic E-state index is 0.158. The van der Waals surface area contributed by atoms with E-state index in [4.69, 9.17) is 9.84 Å². The van der Waals surface area contributed by atoms with Crippen molar-refractivity contribution in [2.24, 2.45) is 0 Å². The highest BCUT2D eigenvalue weighted by Gasteiger charge is 2.19. The maximum atomic E-state index is 12.2. The number of aliphatic hydroxyl groups is 1. The Morgan fingerprint density at radius 3 is 2.76 bits per heavy atom. The van der Waals surface area contributed by atoms with Crippen molar-refractivity contribution in [1.82, 2.24) is 5.32 Å². The maximum absolute atomic E-state index is 12.2. The fourth-order valence-electron chi connectivity index (χ4n) is 1.87. The second-order valence-electron chi connectivity index (χ2n) is 5.36. The molecule has 1 rings (SSSR count). The fraction of sp³-hybridized carbons (Fsp3) is 0.471. The van der Waals surface area contributed by atoms with Gasteiger partial charge >= 0.3 is 0 Å². The zero-order valence-electron chi connectivity index (χ0n) is 13.1. The quantitative estimate of drug-likeness (QED) is 0.814. The van der Waals surface area contributed by atoms with Gasteiger partial charge in [0.05, 0.1) is 5.60 Å². The van der Waals surface area contributed by atoms with Crippen molar-refractivity contribution in [1.29, 1.82) is 0 Å². The molecule has 0 fully saturated rings. The molecule has 0 saturated heterocycles. The summed E-state index contributed by atoms with van der Waals surface area (Å²) < 4.78 is 5.55. The molecule has 0 bridgehead atoms. The summed E-state index contributed by atoms with van der Waals surface area (Å²) in [6, 6.07) is 5.35. The topological polar surface area (TPSA) is 58.6 Å². The van der Waals surface area contributed by atoms with E-state index in [0.717, 1.165) is 11.1 Å². The van der Waals surface area contributed by atoms with Gasteiger partial charge < -0.3 is 15.2 Å². The van der Waals surface area contributed by atoms with Gasteiger partial charge in [-0.15, -0.1) is 0 Å². The Morgan fingerprint density at radius 1 is 1.43 bits per heavy atom. The van der Waals surface area contributed by atoms with Crippen LogP contribution in [-0.4, -0.2) is 36.4 Å². The second kappa shape index (κ2) is 7.82. The molecule has 0 aromatic heterocycles. The van der Waals surface area contributed by atoms with Gasteiger partial charge in [-0.05, 0) is 45.4 Å². The van der Waals surface area contributed by atoms with Gasteiger partial charge in [-0.1, -0.05) is 17.9 Å². The van der Waals surface area contributed by atoms with Crippen LogP contribution in [0.25, 0.3) is 0 Å². The third kappa shape index (κ3) is 5.58. The van der Waals surface area contributed by atoms with Crippen LogP contribution in [0.5, 0.6) is 0 Å². The summed E-state index contributed by atoms with van der Waals surface area (Å²) in [6.07, 6.45) is 0. The molecule has 1 aromatic rings. The molecule has 0 atom stereocenters. The molecule has 0 heterocycles. The number of carbonyl (C=O) groups excluding carboxylic acids is 1. The van der Waals surface area contributed by atoms with Crippen molar-refractivity contribution in [3.8, 4) is 11.8 Å². The molecule has 0 spiro atoms. The van der Waals surface area contributed by atoms with Crippen LogP contribution in [0, 0.1) is 18.8 Å². The Morgan fingerprint density at radius 2 is 2.14 bits per heavy atom. The van der Waals surface area contributed by atoms with Crippen LogP contribution in [0.4, 0.5) is 0 Å². The van der Waals surface area contributed by atoms with Crippen LogP contribution in [-0.2, 0) is 4.74 Å². The van der Waals surface area contributed by atoms with E-state index in [1.165, 1.54) is 0 Å². The van der Waals surface area contributed by atoms with Gasteiger partial charge in [-0.2, -0.15) is 0 Å². The lowest BCUT2D eigenvalue weighted by molar-refractivity contribution is -0.00815. The van der Waals surface area contributed by atoms with Crippen LogP contribution in [0.3, 0.4) is 0 Å². The highest BCUT2D eigenvalue weighted by Crippen LogP contribution is 2.11. The minimum atomic E-state index is -0.394. The number of ether oxygens (including phenoxy) is 1. The zero-order valence-corrected chi connectivity index (χ0v) is 13.1. The molecule has 114 valence electrons. The van der Waals surface area contributed by atoms with Crippen molar-refractivity contribution in [3.05, 3.63) is 34.9 Å². The molecule has 1 aromatic carbocycles. The van der Waals surface area contributed by atoms with E-state index in [-0.39, 0.29) is 12.5 Å². The SMILES string of the molecule is CCOC(C)(C)CNC(=O)c1ccc(C)c(C#CCO)c1. The third-order valence-corrected chi connectivity index (χ3v) is 3.01. The van der Waals surface area contributed by atoms with E-state index in [2.05, 4.69) is 17.2 Å². The van der Waals surface area contributed by atoms with Crippen molar-refractivity contribution in [2.45, 2.75) is 33.3 Å². The minimum Gasteiger partial charge on any atom is -0.384 e. The molecule has 1 amide bonds. The van der Waals surface area contributed by atoms with Crippen LogP contribution < -0.4 is 5.32 Å². The predicted molar refractivity (Wildman–Crippen MR) is 83.2 cm³/mol. The average Bonchev–Trinajstić information content (AvgIpc) is 2.44. The summed E-state index contributed by atoms with van der Waals surface area (Å²) in [5, 5.41) is 11.6. The van der Waals surface area contributed by atoms with E-state index in [0.29, 0.717) is 18.7 Å². The monoisotopic (exact) mass is 289 g/mol. The lowest BCUT2D eigenvalue weighted by atomic mass is 10.0. The van der Waals surface area contributed by atoms with Crippen LogP contribution >= 0.6 is 0 Å². The summed E-state index contributed by atoms with van der Waals surface area (Å²) in [5.74, 6) is 5.29. The number of hydrogen-bond donors (Lipinski definition) is 2. The Kier molecular flexibility index (Phi) is 6.41. The first-order chi connectivity index (χ1) is 9.89. The predicted octanol–water partition coefficient (Wildman–Crippen LogP) is 1.88. The first-order valence-electron chi connectivity index (χ1n) is 7.02. The molecule has 4 nitrogen and oxygen atoms in total. The molecular formula is C17H23NO3.